The van der Waals surface area contributed by atoms with Gasteiger partial charge in [0.2, 0.25) is 0 Å². The lowest BCUT2D eigenvalue weighted by atomic mass is 10.1. The summed E-state index contributed by atoms with van der Waals surface area (Å²) in [7, 11) is 0. The van der Waals surface area contributed by atoms with Crippen LogP contribution in [-0.2, 0) is 0 Å². The zero-order chi connectivity index (χ0) is 12.5. The average Bonchev–Trinajstić information content (AvgIpc) is 2.28. The maximum absolute atomic E-state index is 9.43. The van der Waals surface area contributed by atoms with Crippen molar-refractivity contribution in [1.82, 2.24) is 4.98 Å². The summed E-state index contributed by atoms with van der Waals surface area (Å²) in [6.45, 7) is 8.42. The monoisotopic (exact) mass is 252 g/mol. The first kappa shape index (κ1) is 12.7. The fourth-order valence-corrected chi connectivity index (χ4v) is 3.18. The van der Waals surface area contributed by atoms with E-state index in [0.29, 0.717) is 4.75 Å². The van der Waals surface area contributed by atoms with Gasteiger partial charge in [-0.3, -0.25) is 4.98 Å². The van der Waals surface area contributed by atoms with E-state index < -0.39 is 6.10 Å². The van der Waals surface area contributed by atoms with Crippen LogP contribution in [0.3, 0.4) is 0 Å². The van der Waals surface area contributed by atoms with E-state index in [9.17, 15) is 5.11 Å². The smallest absolute Gasteiger partial charge is 0.0931 e. The molecule has 1 aliphatic rings. The molecule has 0 amide bonds. The van der Waals surface area contributed by atoms with Gasteiger partial charge in [-0.25, -0.2) is 0 Å². The second-order valence-electron chi connectivity index (χ2n) is 5.15. The highest BCUT2D eigenvalue weighted by Gasteiger charge is 2.27. The highest BCUT2D eigenvalue weighted by molar-refractivity contribution is 8.00. The Bertz CT molecular complexity index is 376. The molecule has 2 rings (SSSR count). The molecule has 0 unspecified atom stereocenters. The van der Waals surface area contributed by atoms with Crippen molar-refractivity contribution in [3.63, 3.8) is 0 Å². The van der Waals surface area contributed by atoms with Crippen molar-refractivity contribution in [2.75, 3.05) is 23.7 Å². The van der Waals surface area contributed by atoms with Crippen molar-refractivity contribution in [3.05, 3.63) is 24.0 Å². The number of thioether (sulfide) groups is 1. The van der Waals surface area contributed by atoms with Gasteiger partial charge >= 0.3 is 0 Å². The summed E-state index contributed by atoms with van der Waals surface area (Å²) in [5, 5.41) is 9.43. The Kier molecular flexibility index (Phi) is 3.64. The summed E-state index contributed by atoms with van der Waals surface area (Å²) in [4.78, 5) is 6.67. The SMILES string of the molecule is C[C@@H](O)c1ccc(N2CCSC(C)(C)C2)cn1. The van der Waals surface area contributed by atoms with Crippen molar-refractivity contribution in [2.24, 2.45) is 0 Å². The van der Waals surface area contributed by atoms with Crippen LogP contribution in [0.1, 0.15) is 32.6 Å². The molecule has 0 aliphatic carbocycles. The number of hydrogen-bond donors (Lipinski definition) is 1. The van der Waals surface area contributed by atoms with Crippen LogP contribution in [0, 0.1) is 0 Å². The molecule has 1 N–H and O–H groups in total. The minimum absolute atomic E-state index is 0.307. The highest BCUT2D eigenvalue weighted by atomic mass is 32.2. The molecule has 1 aromatic rings. The van der Waals surface area contributed by atoms with Gasteiger partial charge < -0.3 is 10.0 Å². The molecule has 0 radical (unpaired) electrons. The van der Waals surface area contributed by atoms with Gasteiger partial charge in [-0.15, -0.1) is 0 Å². The van der Waals surface area contributed by atoms with Crippen molar-refractivity contribution < 1.29 is 5.11 Å². The Labute approximate surface area is 107 Å². The standard InChI is InChI=1S/C13H20N2OS/c1-10(16)12-5-4-11(8-14-12)15-6-7-17-13(2,3)9-15/h4-5,8,10,16H,6-7,9H2,1-3H3/t10-/m1/s1. The van der Waals surface area contributed by atoms with E-state index in [0.717, 1.165) is 30.2 Å². The minimum Gasteiger partial charge on any atom is -0.387 e. The Hall–Kier alpha value is -0.740. The summed E-state index contributed by atoms with van der Waals surface area (Å²) in [5.41, 5.74) is 1.89. The maximum atomic E-state index is 9.43. The number of aromatic nitrogens is 1. The molecule has 1 atom stereocenters. The van der Waals surface area contributed by atoms with Gasteiger partial charge in [-0.1, -0.05) is 0 Å². The fourth-order valence-electron chi connectivity index (χ4n) is 2.07. The van der Waals surface area contributed by atoms with Crippen LogP contribution >= 0.6 is 11.8 Å². The molecule has 1 aliphatic heterocycles. The van der Waals surface area contributed by atoms with Crippen LogP contribution in [-0.4, -0.2) is 33.7 Å². The Morgan fingerprint density at radius 1 is 1.47 bits per heavy atom. The maximum Gasteiger partial charge on any atom is 0.0931 e. The van der Waals surface area contributed by atoms with E-state index >= 15 is 0 Å². The lowest BCUT2D eigenvalue weighted by molar-refractivity contribution is 0.194. The van der Waals surface area contributed by atoms with Crippen molar-refractivity contribution in [3.8, 4) is 0 Å². The summed E-state index contributed by atoms with van der Waals surface area (Å²) in [5.74, 6) is 1.16. The molecule has 1 aromatic heterocycles. The first-order valence-electron chi connectivity index (χ1n) is 6.01. The van der Waals surface area contributed by atoms with Gasteiger partial charge in [0.1, 0.15) is 0 Å². The van der Waals surface area contributed by atoms with Crippen LogP contribution in [0.15, 0.2) is 18.3 Å². The van der Waals surface area contributed by atoms with Crippen molar-refractivity contribution in [2.45, 2.75) is 31.6 Å². The van der Waals surface area contributed by atoms with Crippen LogP contribution in [0.4, 0.5) is 5.69 Å². The largest absolute Gasteiger partial charge is 0.387 e. The summed E-state index contributed by atoms with van der Waals surface area (Å²) in [6.07, 6.45) is 1.38. The molecule has 1 saturated heterocycles. The average molecular weight is 252 g/mol. The third kappa shape index (κ3) is 3.13. The van der Waals surface area contributed by atoms with E-state index in [1.807, 2.05) is 24.0 Å². The van der Waals surface area contributed by atoms with Crippen LogP contribution in [0.5, 0.6) is 0 Å². The van der Waals surface area contributed by atoms with Crippen LogP contribution in [0.2, 0.25) is 0 Å². The lowest BCUT2D eigenvalue weighted by Crippen LogP contribution is -2.43. The Morgan fingerprint density at radius 2 is 2.24 bits per heavy atom. The zero-order valence-corrected chi connectivity index (χ0v) is 11.5. The number of nitrogens with zero attached hydrogens (tertiary/aromatic N) is 2. The van der Waals surface area contributed by atoms with Gasteiger partial charge in [0, 0.05) is 23.6 Å². The molecular formula is C13H20N2OS. The van der Waals surface area contributed by atoms with E-state index in [-0.39, 0.29) is 0 Å². The summed E-state index contributed by atoms with van der Waals surface area (Å²) < 4.78 is 0.307. The third-order valence-electron chi connectivity index (χ3n) is 2.99. The van der Waals surface area contributed by atoms with E-state index in [1.165, 1.54) is 0 Å². The minimum atomic E-state index is -0.489. The molecule has 0 bridgehead atoms. The molecule has 0 saturated carbocycles. The van der Waals surface area contributed by atoms with Crippen LogP contribution < -0.4 is 4.90 Å². The van der Waals surface area contributed by atoms with Gasteiger partial charge in [0.05, 0.1) is 23.7 Å². The van der Waals surface area contributed by atoms with Crippen molar-refractivity contribution >= 4 is 17.4 Å². The number of aliphatic hydroxyl groups excluding tert-OH is 1. The molecule has 1 fully saturated rings. The predicted molar refractivity (Wildman–Crippen MR) is 73.6 cm³/mol. The third-order valence-corrected chi connectivity index (χ3v) is 4.29. The number of aliphatic hydroxyl groups is 1. The quantitative estimate of drug-likeness (QED) is 0.877. The number of rotatable bonds is 2. The van der Waals surface area contributed by atoms with Gasteiger partial charge in [0.15, 0.2) is 0 Å². The van der Waals surface area contributed by atoms with Gasteiger partial charge in [-0.2, -0.15) is 11.8 Å². The zero-order valence-electron chi connectivity index (χ0n) is 10.7. The molecule has 0 aromatic carbocycles. The van der Waals surface area contributed by atoms with Crippen molar-refractivity contribution in [1.29, 1.82) is 0 Å². The number of pyridine rings is 1. The Balaban J connectivity index is 2.12. The first-order chi connectivity index (χ1) is 7.98. The predicted octanol–water partition coefficient (Wildman–Crippen LogP) is 2.47. The fraction of sp³-hybridized carbons (Fsp3) is 0.615. The summed E-state index contributed by atoms with van der Waals surface area (Å²) >= 11 is 2.02. The molecular weight excluding hydrogens is 232 g/mol. The number of anilines is 1. The van der Waals surface area contributed by atoms with Gasteiger partial charge in [0.25, 0.3) is 0 Å². The second kappa shape index (κ2) is 4.86. The normalized spacial score (nSPS) is 21.3. The first-order valence-corrected chi connectivity index (χ1v) is 6.99. The second-order valence-corrected chi connectivity index (χ2v) is 6.95. The molecule has 94 valence electrons. The molecule has 2 heterocycles. The van der Waals surface area contributed by atoms with Gasteiger partial charge in [-0.05, 0) is 32.9 Å². The summed E-state index contributed by atoms with van der Waals surface area (Å²) in [6, 6.07) is 3.97. The highest BCUT2D eigenvalue weighted by Crippen LogP contribution is 2.32. The number of hydrogen-bond acceptors (Lipinski definition) is 4. The molecule has 17 heavy (non-hydrogen) atoms. The lowest BCUT2D eigenvalue weighted by Gasteiger charge is -2.38. The molecule has 3 nitrogen and oxygen atoms in total. The van der Waals surface area contributed by atoms with E-state index in [1.54, 1.807) is 6.92 Å². The topological polar surface area (TPSA) is 36.4 Å². The Morgan fingerprint density at radius 3 is 2.76 bits per heavy atom. The molecule has 4 heteroatoms. The molecule has 0 spiro atoms. The van der Waals surface area contributed by atoms with Crippen LogP contribution in [0.25, 0.3) is 0 Å². The van der Waals surface area contributed by atoms with E-state index in [4.69, 9.17) is 0 Å². The van der Waals surface area contributed by atoms with E-state index in [2.05, 4.69) is 29.8 Å².